The molecule has 6 heteroatoms. The first kappa shape index (κ1) is 14.8. The van der Waals surface area contributed by atoms with E-state index in [0.717, 1.165) is 8.86 Å². The third-order valence-corrected chi connectivity index (χ3v) is 2.79. The maximum atomic E-state index is 10.7. The Morgan fingerprint density at radius 2 is 1.82 bits per heavy atom. The average molecular weight is 462 g/mol. The van der Waals surface area contributed by atoms with E-state index in [2.05, 4.69) is 45.2 Å². The van der Waals surface area contributed by atoms with Crippen molar-refractivity contribution in [1.29, 1.82) is 0 Å². The number of hydrogen-bond acceptors (Lipinski definition) is 4. The number of aldehydes is 1. The van der Waals surface area contributed by atoms with E-state index in [1.54, 1.807) is 6.07 Å². The molecular weight excluding hydrogens is 450 g/mol. The highest BCUT2D eigenvalue weighted by molar-refractivity contribution is 14.1. The Kier molecular flexibility index (Phi) is 6.93. The number of ether oxygens (including phenoxy) is 2. The number of halogens is 2. The summed E-state index contributed by atoms with van der Waals surface area (Å²) in [5, 5.41) is 9.86. The van der Waals surface area contributed by atoms with Crippen molar-refractivity contribution in [3.05, 3.63) is 17.7 Å². The molecule has 0 bridgehead atoms. The van der Waals surface area contributed by atoms with Gasteiger partial charge in [0, 0.05) is 8.86 Å². The Balaban J connectivity index is 3.01. The van der Waals surface area contributed by atoms with E-state index in [9.17, 15) is 9.90 Å². The molecule has 1 aromatic rings. The number of aromatic hydroxyl groups is 1. The Morgan fingerprint density at radius 1 is 1.18 bits per heavy atom. The van der Waals surface area contributed by atoms with Crippen LogP contribution in [0.4, 0.5) is 0 Å². The van der Waals surface area contributed by atoms with Crippen LogP contribution in [0, 0.1) is 0 Å². The summed E-state index contributed by atoms with van der Waals surface area (Å²) in [7, 11) is 0. The molecule has 1 N–H and O–H groups in total. The Morgan fingerprint density at radius 3 is 2.41 bits per heavy atom. The molecule has 0 aliphatic heterocycles. The summed E-state index contributed by atoms with van der Waals surface area (Å²) in [5.41, 5.74) is 0.204. The lowest BCUT2D eigenvalue weighted by Gasteiger charge is -2.13. The van der Waals surface area contributed by atoms with Crippen LogP contribution in [0.5, 0.6) is 17.2 Å². The molecule has 0 atom stereocenters. The summed E-state index contributed by atoms with van der Waals surface area (Å²) in [6.07, 6.45) is 0.592. The summed E-state index contributed by atoms with van der Waals surface area (Å²) < 4.78 is 12.5. The first-order chi connectivity index (χ1) is 8.24. The van der Waals surface area contributed by atoms with Crippen LogP contribution in [0.25, 0.3) is 0 Å². The zero-order valence-electron chi connectivity index (χ0n) is 8.99. The van der Waals surface area contributed by atoms with Crippen molar-refractivity contribution in [2.24, 2.45) is 0 Å². The van der Waals surface area contributed by atoms with Gasteiger partial charge in [-0.2, -0.15) is 0 Å². The van der Waals surface area contributed by atoms with Gasteiger partial charge < -0.3 is 14.6 Å². The fourth-order valence-corrected chi connectivity index (χ4v) is 1.65. The predicted molar refractivity (Wildman–Crippen MR) is 82.3 cm³/mol. The van der Waals surface area contributed by atoms with Crippen molar-refractivity contribution in [3.8, 4) is 17.2 Å². The van der Waals surface area contributed by atoms with Crippen molar-refractivity contribution in [3.63, 3.8) is 0 Å². The molecule has 0 fully saturated rings. The van der Waals surface area contributed by atoms with Gasteiger partial charge in [-0.3, -0.25) is 4.79 Å². The normalized spacial score (nSPS) is 10.0. The second-order valence-electron chi connectivity index (χ2n) is 3.02. The third-order valence-electron chi connectivity index (χ3n) is 1.91. The molecule has 0 aliphatic carbocycles. The number of alkyl halides is 2. The van der Waals surface area contributed by atoms with Crippen molar-refractivity contribution < 1.29 is 19.4 Å². The van der Waals surface area contributed by atoms with Gasteiger partial charge in [-0.1, -0.05) is 45.2 Å². The molecule has 0 radical (unpaired) electrons. The molecule has 0 aliphatic rings. The van der Waals surface area contributed by atoms with Gasteiger partial charge in [-0.25, -0.2) is 0 Å². The summed E-state index contributed by atoms with van der Waals surface area (Å²) in [4.78, 5) is 10.7. The number of phenols is 1. The Labute approximate surface area is 127 Å². The monoisotopic (exact) mass is 462 g/mol. The average Bonchev–Trinajstić information content (AvgIpc) is 2.35. The second-order valence-corrected chi connectivity index (χ2v) is 5.18. The number of phenolic OH excluding ortho intramolecular Hbond substituents is 1. The lowest BCUT2D eigenvalue weighted by Crippen LogP contribution is -2.04. The number of hydrogen-bond donors (Lipinski definition) is 1. The molecule has 1 aromatic carbocycles. The third kappa shape index (κ3) is 4.16. The standard InChI is InChI=1S/C11H12I2O4/c12-3-5-16-9-2-1-8(7-14)10(15)11(9)17-6-4-13/h1-2,7,15H,3-6H2. The van der Waals surface area contributed by atoms with Gasteiger partial charge in [0.1, 0.15) is 0 Å². The topological polar surface area (TPSA) is 55.8 Å². The van der Waals surface area contributed by atoms with E-state index >= 15 is 0 Å². The lowest BCUT2D eigenvalue weighted by atomic mass is 10.2. The van der Waals surface area contributed by atoms with Crippen molar-refractivity contribution >= 4 is 51.5 Å². The van der Waals surface area contributed by atoms with Gasteiger partial charge in [-0.15, -0.1) is 0 Å². The number of carbonyl (C=O) groups excluding carboxylic acids is 1. The minimum absolute atomic E-state index is 0.157. The maximum absolute atomic E-state index is 10.7. The van der Waals surface area contributed by atoms with E-state index in [1.807, 2.05) is 0 Å². The molecule has 4 nitrogen and oxygen atoms in total. The zero-order chi connectivity index (χ0) is 12.7. The van der Waals surface area contributed by atoms with Crippen LogP contribution >= 0.6 is 45.2 Å². The molecule has 0 heterocycles. The van der Waals surface area contributed by atoms with Crippen molar-refractivity contribution in [1.82, 2.24) is 0 Å². The van der Waals surface area contributed by atoms with Gasteiger partial charge >= 0.3 is 0 Å². The molecule has 0 amide bonds. The molecule has 0 aromatic heterocycles. The van der Waals surface area contributed by atoms with Crippen LogP contribution in [0.1, 0.15) is 10.4 Å². The molecule has 0 spiro atoms. The van der Waals surface area contributed by atoms with Gasteiger partial charge in [0.15, 0.2) is 17.8 Å². The number of rotatable bonds is 7. The first-order valence-corrected chi connectivity index (χ1v) is 7.98. The summed E-state index contributed by atoms with van der Waals surface area (Å²) in [5.74, 6) is 0.557. The predicted octanol–water partition coefficient (Wildman–Crippen LogP) is 2.83. The van der Waals surface area contributed by atoms with Crippen LogP contribution in [-0.4, -0.2) is 33.5 Å². The van der Waals surface area contributed by atoms with Crippen molar-refractivity contribution in [2.75, 3.05) is 22.1 Å². The lowest BCUT2D eigenvalue weighted by molar-refractivity contribution is 0.112. The molecule has 94 valence electrons. The van der Waals surface area contributed by atoms with Gasteiger partial charge in [0.05, 0.1) is 18.8 Å². The Bertz CT molecular complexity index is 382. The highest BCUT2D eigenvalue weighted by atomic mass is 127. The molecule has 0 saturated heterocycles. The molecular formula is C11H12I2O4. The van der Waals surface area contributed by atoms with Gasteiger partial charge in [-0.05, 0) is 12.1 Å². The highest BCUT2D eigenvalue weighted by Gasteiger charge is 2.14. The Hall–Kier alpha value is -0.250. The fourth-order valence-electron chi connectivity index (χ4n) is 1.21. The van der Waals surface area contributed by atoms with Crippen LogP contribution < -0.4 is 9.47 Å². The SMILES string of the molecule is O=Cc1ccc(OCCI)c(OCCI)c1O. The fraction of sp³-hybridized carbons (Fsp3) is 0.364. The van der Waals surface area contributed by atoms with E-state index in [1.165, 1.54) is 6.07 Å². The molecule has 0 unspecified atom stereocenters. The van der Waals surface area contributed by atoms with Crippen LogP contribution in [0.2, 0.25) is 0 Å². The van der Waals surface area contributed by atoms with E-state index < -0.39 is 0 Å². The number of benzene rings is 1. The van der Waals surface area contributed by atoms with Crippen LogP contribution in [0.15, 0.2) is 12.1 Å². The van der Waals surface area contributed by atoms with Gasteiger partial charge in [0.25, 0.3) is 0 Å². The van der Waals surface area contributed by atoms with E-state index in [0.29, 0.717) is 25.2 Å². The van der Waals surface area contributed by atoms with Crippen LogP contribution in [-0.2, 0) is 0 Å². The van der Waals surface area contributed by atoms with Gasteiger partial charge in [0.2, 0.25) is 5.75 Å². The maximum Gasteiger partial charge on any atom is 0.204 e. The minimum atomic E-state index is -0.157. The first-order valence-electron chi connectivity index (χ1n) is 4.93. The number of carbonyl (C=O) groups is 1. The molecule has 17 heavy (non-hydrogen) atoms. The summed E-state index contributed by atoms with van der Waals surface area (Å²) in [6.45, 7) is 0.984. The smallest absolute Gasteiger partial charge is 0.204 e. The summed E-state index contributed by atoms with van der Waals surface area (Å²) >= 11 is 4.36. The molecule has 0 saturated carbocycles. The largest absolute Gasteiger partial charge is 0.504 e. The van der Waals surface area contributed by atoms with E-state index in [4.69, 9.17) is 9.47 Å². The van der Waals surface area contributed by atoms with Crippen LogP contribution in [0.3, 0.4) is 0 Å². The second kappa shape index (κ2) is 7.96. The van der Waals surface area contributed by atoms with E-state index in [-0.39, 0.29) is 17.1 Å². The van der Waals surface area contributed by atoms with Crippen molar-refractivity contribution in [2.45, 2.75) is 0 Å². The quantitative estimate of drug-likeness (QED) is 0.385. The zero-order valence-corrected chi connectivity index (χ0v) is 13.3. The minimum Gasteiger partial charge on any atom is -0.504 e. The summed E-state index contributed by atoms with van der Waals surface area (Å²) in [6, 6.07) is 3.15. The highest BCUT2D eigenvalue weighted by Crippen LogP contribution is 2.38. The molecule has 1 rings (SSSR count).